The minimum absolute atomic E-state index is 0.0995. The molecule has 0 fully saturated rings. The SMILES string of the molecule is CS(=O)(=O)CCNCc1cnc(-c2ccc3c(Nc4ccc(S(=O)(=O)c5ccccc5)cc4)ccnc3c2)s1. The standard InChI is InChI=1S/C28H26N4O4S3/c1-38(33,34)16-15-29-18-22-19-31-28(37-22)20-7-12-25-26(13-14-30-27(25)17-20)32-21-8-10-24(11-9-21)39(35,36)23-5-3-2-4-6-23/h2-14,17,19,29H,15-16,18H2,1H3,(H,30,32). The zero-order valence-electron chi connectivity index (χ0n) is 21.0. The molecular formula is C28H26N4O4S3. The third kappa shape index (κ3) is 6.51. The second-order valence-corrected chi connectivity index (χ2v) is 14.3. The van der Waals surface area contributed by atoms with Gasteiger partial charge in [-0.25, -0.2) is 21.8 Å². The number of nitrogens with zero attached hydrogens (tertiary/aromatic N) is 2. The molecule has 0 bridgehead atoms. The largest absolute Gasteiger partial charge is 0.355 e. The molecule has 0 aliphatic rings. The molecule has 0 saturated carbocycles. The van der Waals surface area contributed by atoms with Crippen LogP contribution in [-0.4, -0.2) is 45.4 Å². The first-order chi connectivity index (χ1) is 18.7. The van der Waals surface area contributed by atoms with Crippen molar-refractivity contribution in [2.75, 3.05) is 23.9 Å². The van der Waals surface area contributed by atoms with Crippen LogP contribution in [0.4, 0.5) is 11.4 Å². The molecule has 0 radical (unpaired) electrons. The number of fused-ring (bicyclic) bond motifs is 1. The third-order valence-electron chi connectivity index (χ3n) is 5.99. The van der Waals surface area contributed by atoms with E-state index in [9.17, 15) is 16.8 Å². The van der Waals surface area contributed by atoms with Crippen LogP contribution in [0.15, 0.2) is 101 Å². The van der Waals surface area contributed by atoms with Crippen molar-refractivity contribution in [1.82, 2.24) is 15.3 Å². The lowest BCUT2D eigenvalue weighted by Gasteiger charge is -2.11. The number of hydrogen-bond acceptors (Lipinski definition) is 9. The van der Waals surface area contributed by atoms with Gasteiger partial charge in [-0.2, -0.15) is 0 Å². The molecule has 2 heterocycles. The van der Waals surface area contributed by atoms with Gasteiger partial charge in [0, 0.05) is 58.9 Å². The Bertz CT molecular complexity index is 1820. The number of aromatic nitrogens is 2. The molecule has 8 nitrogen and oxygen atoms in total. The predicted molar refractivity (Wildman–Crippen MR) is 156 cm³/mol. The number of benzene rings is 3. The zero-order chi connectivity index (χ0) is 27.5. The summed E-state index contributed by atoms with van der Waals surface area (Å²) >= 11 is 1.55. The number of thiazole rings is 1. The molecule has 0 aliphatic carbocycles. The summed E-state index contributed by atoms with van der Waals surface area (Å²) in [5, 5.41) is 8.28. The van der Waals surface area contributed by atoms with Gasteiger partial charge in [0.2, 0.25) is 9.84 Å². The van der Waals surface area contributed by atoms with Crippen molar-refractivity contribution < 1.29 is 16.8 Å². The van der Waals surface area contributed by atoms with E-state index in [1.807, 2.05) is 24.3 Å². The van der Waals surface area contributed by atoms with E-state index in [4.69, 9.17) is 0 Å². The lowest BCUT2D eigenvalue weighted by Crippen LogP contribution is -2.21. The molecular weight excluding hydrogens is 553 g/mol. The van der Waals surface area contributed by atoms with Crippen molar-refractivity contribution in [3.63, 3.8) is 0 Å². The first kappa shape index (κ1) is 26.9. The van der Waals surface area contributed by atoms with Crippen molar-refractivity contribution >= 4 is 53.3 Å². The Morgan fingerprint density at radius 3 is 2.33 bits per heavy atom. The first-order valence-electron chi connectivity index (χ1n) is 12.1. The van der Waals surface area contributed by atoms with Crippen LogP contribution in [-0.2, 0) is 26.2 Å². The summed E-state index contributed by atoms with van der Waals surface area (Å²) in [6.07, 6.45) is 4.75. The molecule has 0 spiro atoms. The maximum atomic E-state index is 12.9. The fourth-order valence-corrected chi connectivity index (χ4v) is 6.67. The fourth-order valence-electron chi connectivity index (χ4n) is 3.99. The topological polar surface area (TPSA) is 118 Å². The Balaban J connectivity index is 1.30. The third-order valence-corrected chi connectivity index (χ3v) is 9.77. The number of hydrogen-bond donors (Lipinski definition) is 2. The molecule has 5 rings (SSSR count). The summed E-state index contributed by atoms with van der Waals surface area (Å²) in [5.74, 6) is 0.0995. The average Bonchev–Trinajstić information content (AvgIpc) is 3.40. The van der Waals surface area contributed by atoms with Crippen molar-refractivity contribution in [1.29, 1.82) is 0 Å². The van der Waals surface area contributed by atoms with Gasteiger partial charge in [-0.3, -0.25) is 4.98 Å². The van der Waals surface area contributed by atoms with Crippen LogP contribution in [0.25, 0.3) is 21.5 Å². The van der Waals surface area contributed by atoms with Gasteiger partial charge in [-0.1, -0.05) is 30.3 Å². The zero-order valence-corrected chi connectivity index (χ0v) is 23.5. The van der Waals surface area contributed by atoms with E-state index < -0.39 is 19.7 Å². The van der Waals surface area contributed by atoms with Gasteiger partial charge < -0.3 is 10.6 Å². The van der Waals surface area contributed by atoms with Crippen molar-refractivity contribution in [3.8, 4) is 10.6 Å². The van der Waals surface area contributed by atoms with Gasteiger partial charge in [-0.05, 0) is 48.5 Å². The molecule has 39 heavy (non-hydrogen) atoms. The second-order valence-electron chi connectivity index (χ2n) is 8.99. The second kappa shape index (κ2) is 11.2. The number of rotatable bonds is 10. The molecule has 2 N–H and O–H groups in total. The van der Waals surface area contributed by atoms with Gasteiger partial charge in [0.1, 0.15) is 14.8 Å². The summed E-state index contributed by atoms with van der Waals surface area (Å²) in [5.41, 5.74) is 3.34. The minimum Gasteiger partial charge on any atom is -0.355 e. The number of sulfone groups is 2. The summed E-state index contributed by atoms with van der Waals surface area (Å²) in [6.45, 7) is 0.950. The van der Waals surface area contributed by atoms with E-state index in [0.717, 1.165) is 37.7 Å². The highest BCUT2D eigenvalue weighted by Crippen LogP contribution is 2.32. The molecule has 0 unspecified atom stereocenters. The van der Waals surface area contributed by atoms with E-state index in [1.165, 1.54) is 6.26 Å². The Kier molecular flexibility index (Phi) is 7.76. The van der Waals surface area contributed by atoms with Gasteiger partial charge in [0.05, 0.1) is 21.1 Å². The van der Waals surface area contributed by atoms with Gasteiger partial charge in [-0.15, -0.1) is 11.3 Å². The fraction of sp³-hybridized carbons (Fsp3) is 0.143. The van der Waals surface area contributed by atoms with E-state index in [2.05, 4.69) is 20.6 Å². The van der Waals surface area contributed by atoms with E-state index in [-0.39, 0.29) is 15.5 Å². The molecule has 0 aliphatic heterocycles. The molecule has 0 atom stereocenters. The quantitative estimate of drug-likeness (QED) is 0.221. The highest BCUT2D eigenvalue weighted by molar-refractivity contribution is 7.91. The highest BCUT2D eigenvalue weighted by atomic mass is 32.2. The van der Waals surface area contributed by atoms with E-state index >= 15 is 0 Å². The summed E-state index contributed by atoms with van der Waals surface area (Å²) in [6, 6.07) is 22.9. The predicted octanol–water partition coefficient (Wildman–Crippen LogP) is 5.07. The molecule has 3 aromatic carbocycles. The summed E-state index contributed by atoms with van der Waals surface area (Å²) < 4.78 is 48.3. The Hall–Kier alpha value is -3.64. The molecule has 0 saturated heterocycles. The highest BCUT2D eigenvalue weighted by Gasteiger charge is 2.17. The maximum Gasteiger partial charge on any atom is 0.206 e. The van der Waals surface area contributed by atoms with Crippen molar-refractivity contribution in [3.05, 3.63) is 96.1 Å². The van der Waals surface area contributed by atoms with Crippen LogP contribution in [0, 0.1) is 0 Å². The molecule has 200 valence electrons. The number of pyridine rings is 1. The lowest BCUT2D eigenvalue weighted by molar-refractivity contribution is 0.594. The number of nitrogens with one attached hydrogen (secondary N) is 2. The van der Waals surface area contributed by atoms with Crippen molar-refractivity contribution in [2.45, 2.75) is 16.3 Å². The van der Waals surface area contributed by atoms with Crippen LogP contribution < -0.4 is 10.6 Å². The summed E-state index contributed by atoms with van der Waals surface area (Å²) in [4.78, 5) is 10.6. The monoisotopic (exact) mass is 578 g/mol. The van der Waals surface area contributed by atoms with Gasteiger partial charge >= 0.3 is 0 Å². The Morgan fingerprint density at radius 2 is 1.59 bits per heavy atom. The van der Waals surface area contributed by atoms with Crippen LogP contribution in [0.5, 0.6) is 0 Å². The van der Waals surface area contributed by atoms with Crippen LogP contribution >= 0.6 is 11.3 Å². The van der Waals surface area contributed by atoms with Gasteiger partial charge in [0.25, 0.3) is 0 Å². The van der Waals surface area contributed by atoms with E-state index in [1.54, 1.807) is 78.3 Å². The Labute approximate surface area is 231 Å². The van der Waals surface area contributed by atoms with Crippen LogP contribution in [0.1, 0.15) is 4.88 Å². The summed E-state index contributed by atoms with van der Waals surface area (Å²) in [7, 11) is -6.57. The number of anilines is 2. The maximum absolute atomic E-state index is 12.9. The lowest BCUT2D eigenvalue weighted by atomic mass is 10.1. The van der Waals surface area contributed by atoms with Crippen molar-refractivity contribution in [2.24, 2.45) is 0 Å². The molecule has 5 aromatic rings. The molecule has 0 amide bonds. The van der Waals surface area contributed by atoms with Crippen LogP contribution in [0.3, 0.4) is 0 Å². The first-order valence-corrected chi connectivity index (χ1v) is 16.4. The van der Waals surface area contributed by atoms with Crippen LogP contribution in [0.2, 0.25) is 0 Å². The molecule has 11 heteroatoms. The molecule has 2 aromatic heterocycles. The average molecular weight is 579 g/mol. The Morgan fingerprint density at radius 1 is 0.846 bits per heavy atom. The minimum atomic E-state index is -3.58. The smallest absolute Gasteiger partial charge is 0.206 e. The normalized spacial score (nSPS) is 12.0. The van der Waals surface area contributed by atoms with Gasteiger partial charge in [0.15, 0.2) is 0 Å². The van der Waals surface area contributed by atoms with E-state index in [0.29, 0.717) is 13.1 Å².